The smallest absolute Gasteiger partial charge is 0.319 e. The number of hydrogen-bond acceptors (Lipinski definition) is 4. The fourth-order valence-electron chi connectivity index (χ4n) is 1.34. The number of anilines is 1. The van der Waals surface area contributed by atoms with Gasteiger partial charge >= 0.3 is 9.15 Å². The molecule has 0 amide bonds. The van der Waals surface area contributed by atoms with Crippen LogP contribution < -0.4 is 5.73 Å². The van der Waals surface area contributed by atoms with E-state index < -0.39 is 9.15 Å². The maximum Gasteiger partial charge on any atom is 0.319 e. The lowest BCUT2D eigenvalue weighted by molar-refractivity contribution is 0.503. The van der Waals surface area contributed by atoms with Crippen LogP contribution in [0.2, 0.25) is 0 Å². The van der Waals surface area contributed by atoms with Gasteiger partial charge in [0.1, 0.15) is 0 Å². The van der Waals surface area contributed by atoms with E-state index in [0.29, 0.717) is 16.5 Å². The van der Waals surface area contributed by atoms with Gasteiger partial charge in [-0.05, 0) is 41.7 Å². The van der Waals surface area contributed by atoms with Crippen molar-refractivity contribution in [1.29, 1.82) is 0 Å². The van der Waals surface area contributed by atoms with Crippen LogP contribution in [0.25, 0.3) is 0 Å². The molecule has 0 aliphatic rings. The number of unbranched alkanes of at least 4 members (excludes halogenated alkanes) is 1. The molecular weight excluding hydrogens is 246 g/mol. The SMILES string of the molecule is Nc1ccccc1CCCCSS(=O)(=O)O. The van der Waals surface area contributed by atoms with Crippen LogP contribution in [0.4, 0.5) is 5.69 Å². The molecule has 0 radical (unpaired) electrons. The predicted octanol–water partition coefficient (Wildman–Crippen LogP) is 2.13. The van der Waals surface area contributed by atoms with Crippen LogP contribution in [0.3, 0.4) is 0 Å². The zero-order valence-electron chi connectivity index (χ0n) is 8.80. The van der Waals surface area contributed by atoms with E-state index in [1.54, 1.807) is 0 Å². The zero-order chi connectivity index (χ0) is 12.0. The highest BCUT2D eigenvalue weighted by atomic mass is 33.1. The van der Waals surface area contributed by atoms with Crippen LogP contribution >= 0.6 is 10.8 Å². The summed E-state index contributed by atoms with van der Waals surface area (Å²) in [6, 6.07) is 7.62. The summed E-state index contributed by atoms with van der Waals surface area (Å²) in [5.41, 5.74) is 7.61. The van der Waals surface area contributed by atoms with Crippen LogP contribution in [0, 0.1) is 0 Å². The van der Waals surface area contributed by atoms with Gasteiger partial charge in [0.15, 0.2) is 0 Å². The van der Waals surface area contributed by atoms with E-state index in [4.69, 9.17) is 10.3 Å². The Kier molecular flexibility index (Phi) is 5.11. The second kappa shape index (κ2) is 6.12. The maximum atomic E-state index is 10.4. The molecule has 16 heavy (non-hydrogen) atoms. The minimum absolute atomic E-state index is 0.408. The molecule has 0 aliphatic carbocycles. The molecule has 3 N–H and O–H groups in total. The summed E-state index contributed by atoms with van der Waals surface area (Å²) < 4.78 is 29.3. The van der Waals surface area contributed by atoms with E-state index in [1.165, 1.54) is 0 Å². The Balaban J connectivity index is 2.24. The normalized spacial score (nSPS) is 11.6. The standard InChI is InChI=1S/C10H15NO3S2/c11-10-7-2-1-5-9(10)6-3-4-8-15-16(12,13)14/h1-2,5,7H,3-4,6,8,11H2,(H,12,13,14). The maximum absolute atomic E-state index is 10.4. The quantitative estimate of drug-likeness (QED) is 0.355. The molecule has 90 valence electrons. The van der Waals surface area contributed by atoms with Crippen molar-refractivity contribution in [3.8, 4) is 0 Å². The Labute approximate surface area is 99.4 Å². The molecule has 0 aromatic heterocycles. The first-order valence-electron chi connectivity index (χ1n) is 4.94. The molecular formula is C10H15NO3S2. The van der Waals surface area contributed by atoms with Gasteiger partial charge in [-0.2, -0.15) is 8.42 Å². The van der Waals surface area contributed by atoms with Crippen molar-refractivity contribution in [3.63, 3.8) is 0 Å². The minimum Gasteiger partial charge on any atom is -0.399 e. The number of aryl methyl sites for hydroxylation is 1. The Morgan fingerprint density at radius 2 is 1.94 bits per heavy atom. The van der Waals surface area contributed by atoms with Gasteiger partial charge in [0.2, 0.25) is 0 Å². The molecule has 1 aromatic rings. The fourth-order valence-corrected chi connectivity index (χ4v) is 2.86. The van der Waals surface area contributed by atoms with Crippen LogP contribution in [-0.2, 0) is 15.6 Å². The fraction of sp³-hybridized carbons (Fsp3) is 0.400. The van der Waals surface area contributed by atoms with Crippen molar-refractivity contribution in [2.24, 2.45) is 0 Å². The molecule has 0 atom stereocenters. The van der Waals surface area contributed by atoms with Gasteiger partial charge in [-0.1, -0.05) is 18.2 Å². The average Bonchev–Trinajstić information content (AvgIpc) is 2.18. The van der Waals surface area contributed by atoms with Crippen molar-refractivity contribution >= 4 is 25.6 Å². The van der Waals surface area contributed by atoms with E-state index in [1.807, 2.05) is 24.3 Å². The third-order valence-corrected chi connectivity index (χ3v) is 4.27. The first-order valence-corrected chi connectivity index (χ1v) is 7.88. The molecule has 0 saturated carbocycles. The largest absolute Gasteiger partial charge is 0.399 e. The summed E-state index contributed by atoms with van der Waals surface area (Å²) in [6.07, 6.45) is 2.42. The van der Waals surface area contributed by atoms with Crippen molar-refractivity contribution in [3.05, 3.63) is 29.8 Å². The number of rotatable bonds is 6. The molecule has 0 heterocycles. The van der Waals surface area contributed by atoms with Crippen molar-refractivity contribution in [2.45, 2.75) is 19.3 Å². The zero-order valence-corrected chi connectivity index (χ0v) is 10.4. The van der Waals surface area contributed by atoms with Gasteiger partial charge in [0.05, 0.1) is 0 Å². The summed E-state index contributed by atoms with van der Waals surface area (Å²) >= 11 is 0. The van der Waals surface area contributed by atoms with Crippen molar-refractivity contribution in [1.82, 2.24) is 0 Å². The highest BCUT2D eigenvalue weighted by molar-refractivity contribution is 8.69. The third-order valence-electron chi connectivity index (χ3n) is 2.13. The topological polar surface area (TPSA) is 80.4 Å². The number of hydrogen-bond donors (Lipinski definition) is 2. The van der Waals surface area contributed by atoms with E-state index in [9.17, 15) is 8.42 Å². The first kappa shape index (κ1) is 13.3. The Morgan fingerprint density at radius 3 is 2.56 bits per heavy atom. The summed E-state index contributed by atoms with van der Waals surface area (Å²) in [6.45, 7) is 0. The lowest BCUT2D eigenvalue weighted by Gasteiger charge is -2.04. The summed E-state index contributed by atoms with van der Waals surface area (Å²) in [7, 11) is -3.32. The van der Waals surface area contributed by atoms with Gasteiger partial charge in [-0.3, -0.25) is 4.55 Å². The summed E-state index contributed by atoms with van der Waals surface area (Å²) in [5, 5.41) is 0. The van der Waals surface area contributed by atoms with Gasteiger partial charge in [0.25, 0.3) is 0 Å². The Hall–Kier alpha value is -0.720. The third kappa shape index (κ3) is 5.39. The van der Waals surface area contributed by atoms with Crippen LogP contribution in [-0.4, -0.2) is 18.7 Å². The second-order valence-corrected chi connectivity index (χ2v) is 6.88. The number of benzene rings is 1. The van der Waals surface area contributed by atoms with Crippen LogP contribution in [0.1, 0.15) is 18.4 Å². The van der Waals surface area contributed by atoms with Gasteiger partial charge in [-0.25, -0.2) is 0 Å². The highest BCUT2D eigenvalue weighted by Gasteiger charge is 2.04. The molecule has 4 nitrogen and oxygen atoms in total. The lowest BCUT2D eigenvalue weighted by Crippen LogP contribution is -1.96. The molecule has 0 fully saturated rings. The summed E-state index contributed by atoms with van der Waals surface area (Å²) in [4.78, 5) is 0. The molecule has 6 heteroatoms. The van der Waals surface area contributed by atoms with E-state index in [-0.39, 0.29) is 0 Å². The summed E-state index contributed by atoms with van der Waals surface area (Å²) in [5.74, 6) is 0.408. The highest BCUT2D eigenvalue weighted by Crippen LogP contribution is 2.16. The first-order chi connectivity index (χ1) is 7.49. The Morgan fingerprint density at radius 1 is 1.25 bits per heavy atom. The molecule has 0 saturated heterocycles. The monoisotopic (exact) mass is 261 g/mol. The van der Waals surface area contributed by atoms with Gasteiger partial charge in [-0.15, -0.1) is 0 Å². The van der Waals surface area contributed by atoms with Gasteiger partial charge in [0, 0.05) is 11.4 Å². The van der Waals surface area contributed by atoms with E-state index in [2.05, 4.69) is 0 Å². The van der Waals surface area contributed by atoms with Crippen LogP contribution in [0.15, 0.2) is 24.3 Å². The molecule has 0 spiro atoms. The molecule has 0 bridgehead atoms. The van der Waals surface area contributed by atoms with Crippen LogP contribution in [0.5, 0.6) is 0 Å². The second-order valence-electron chi connectivity index (χ2n) is 3.41. The Bertz CT molecular complexity index is 431. The van der Waals surface area contributed by atoms with E-state index >= 15 is 0 Å². The molecule has 1 rings (SSSR count). The predicted molar refractivity (Wildman–Crippen MR) is 67.8 cm³/mol. The van der Waals surface area contributed by atoms with Crippen molar-refractivity contribution in [2.75, 3.05) is 11.5 Å². The number of nitrogens with two attached hydrogens (primary N) is 1. The number of nitrogen functional groups attached to an aromatic ring is 1. The van der Waals surface area contributed by atoms with E-state index in [0.717, 1.165) is 30.5 Å². The molecule has 0 aliphatic heterocycles. The van der Waals surface area contributed by atoms with Crippen molar-refractivity contribution < 1.29 is 13.0 Å². The average molecular weight is 261 g/mol. The van der Waals surface area contributed by atoms with Gasteiger partial charge < -0.3 is 5.73 Å². The number of para-hydroxylation sites is 1. The lowest BCUT2D eigenvalue weighted by atomic mass is 10.1. The molecule has 1 aromatic carbocycles. The minimum atomic E-state index is -3.89. The molecule has 0 unspecified atom stereocenters.